The number of aliphatic hydroxyl groups is 1. The summed E-state index contributed by atoms with van der Waals surface area (Å²) in [4.78, 5) is 11.0. The molecule has 1 rings (SSSR count). The van der Waals surface area contributed by atoms with Crippen molar-refractivity contribution in [2.75, 3.05) is 13.7 Å². The van der Waals surface area contributed by atoms with Crippen molar-refractivity contribution >= 4 is 16.0 Å². The van der Waals surface area contributed by atoms with Gasteiger partial charge in [0.2, 0.25) is 10.0 Å². The van der Waals surface area contributed by atoms with Crippen LogP contribution >= 0.6 is 0 Å². The molecule has 0 aliphatic carbocycles. The zero-order chi connectivity index (χ0) is 14.5. The Morgan fingerprint density at radius 2 is 1.95 bits per heavy atom. The summed E-state index contributed by atoms with van der Waals surface area (Å²) in [6.45, 7) is 1.57. The van der Waals surface area contributed by atoms with Crippen LogP contribution in [0.4, 0.5) is 0 Å². The van der Waals surface area contributed by atoms with E-state index in [1.807, 2.05) is 0 Å². The van der Waals surface area contributed by atoms with E-state index in [9.17, 15) is 18.3 Å². The first-order valence-electron chi connectivity index (χ1n) is 5.71. The summed E-state index contributed by atoms with van der Waals surface area (Å²) in [5.74, 6) is -0.479. The zero-order valence-electron chi connectivity index (χ0n) is 10.8. The summed E-state index contributed by atoms with van der Waals surface area (Å²) in [5, 5.41) is 9.33. The average Bonchev–Trinajstić information content (AvgIpc) is 2.38. The monoisotopic (exact) mass is 287 g/mol. The molecule has 0 aliphatic heterocycles. The number of hydrogen-bond donors (Lipinski definition) is 2. The van der Waals surface area contributed by atoms with Crippen LogP contribution in [0.1, 0.15) is 25.0 Å². The predicted octanol–water partition coefficient (Wildman–Crippen LogP) is 0.581. The lowest BCUT2D eigenvalue weighted by molar-refractivity contribution is -0.140. The molecule has 1 unspecified atom stereocenters. The largest absolute Gasteiger partial charge is 0.469 e. The van der Waals surface area contributed by atoms with Gasteiger partial charge in [0.1, 0.15) is 0 Å². The standard InChI is InChI=1S/C12H17NO5S/c1-9(14)10-3-5-11(6-4-10)19(16,17)13-8-7-12(15)18-2/h3-6,9,13-14H,7-8H2,1-2H3. The number of nitrogens with one attached hydrogen (secondary N) is 1. The smallest absolute Gasteiger partial charge is 0.306 e. The van der Waals surface area contributed by atoms with E-state index in [1.54, 1.807) is 19.1 Å². The average molecular weight is 287 g/mol. The molecule has 0 radical (unpaired) electrons. The molecular weight excluding hydrogens is 270 g/mol. The van der Waals surface area contributed by atoms with Gasteiger partial charge in [0.25, 0.3) is 0 Å². The minimum absolute atomic E-state index is 0.0207. The molecule has 1 aromatic rings. The van der Waals surface area contributed by atoms with E-state index in [0.717, 1.165) is 0 Å². The Morgan fingerprint density at radius 3 is 2.42 bits per heavy atom. The van der Waals surface area contributed by atoms with Crippen LogP contribution in [-0.2, 0) is 19.6 Å². The third kappa shape index (κ3) is 4.62. The highest BCUT2D eigenvalue weighted by atomic mass is 32.2. The van der Waals surface area contributed by atoms with E-state index in [-0.39, 0.29) is 17.9 Å². The second-order valence-electron chi connectivity index (χ2n) is 3.97. The van der Waals surface area contributed by atoms with Crippen LogP contribution in [0.3, 0.4) is 0 Å². The van der Waals surface area contributed by atoms with Crippen molar-refractivity contribution in [3.63, 3.8) is 0 Å². The molecule has 0 saturated heterocycles. The maximum absolute atomic E-state index is 11.9. The first-order valence-corrected chi connectivity index (χ1v) is 7.19. The van der Waals surface area contributed by atoms with Crippen LogP contribution in [0, 0.1) is 0 Å². The minimum atomic E-state index is -3.65. The zero-order valence-corrected chi connectivity index (χ0v) is 11.6. The van der Waals surface area contributed by atoms with Gasteiger partial charge in [-0.15, -0.1) is 0 Å². The van der Waals surface area contributed by atoms with Crippen molar-refractivity contribution in [3.8, 4) is 0 Å². The first kappa shape index (κ1) is 15.6. The molecular formula is C12H17NO5S. The minimum Gasteiger partial charge on any atom is -0.469 e. The number of methoxy groups -OCH3 is 1. The fourth-order valence-corrected chi connectivity index (χ4v) is 2.43. The molecule has 1 atom stereocenters. The Morgan fingerprint density at radius 1 is 1.37 bits per heavy atom. The summed E-state index contributed by atoms with van der Waals surface area (Å²) in [7, 11) is -2.40. The summed E-state index contributed by atoms with van der Waals surface area (Å²) in [6.07, 6.45) is -0.675. The summed E-state index contributed by atoms with van der Waals surface area (Å²) >= 11 is 0. The summed E-state index contributed by atoms with van der Waals surface area (Å²) < 4.78 is 30.4. The number of sulfonamides is 1. The van der Waals surface area contributed by atoms with Crippen molar-refractivity contribution in [2.24, 2.45) is 0 Å². The van der Waals surface area contributed by atoms with E-state index in [1.165, 1.54) is 19.2 Å². The molecule has 19 heavy (non-hydrogen) atoms. The maximum Gasteiger partial charge on any atom is 0.306 e. The van der Waals surface area contributed by atoms with Crippen molar-refractivity contribution in [1.82, 2.24) is 4.72 Å². The van der Waals surface area contributed by atoms with Crippen molar-refractivity contribution < 1.29 is 23.1 Å². The summed E-state index contributed by atoms with van der Waals surface area (Å²) in [6, 6.07) is 5.89. The van der Waals surface area contributed by atoms with Crippen LogP contribution in [0.5, 0.6) is 0 Å². The molecule has 0 heterocycles. The van der Waals surface area contributed by atoms with Crippen molar-refractivity contribution in [1.29, 1.82) is 0 Å². The van der Waals surface area contributed by atoms with Crippen LogP contribution in [0.15, 0.2) is 29.2 Å². The van der Waals surface area contributed by atoms with Gasteiger partial charge in [-0.2, -0.15) is 0 Å². The van der Waals surface area contributed by atoms with Crippen LogP contribution in [0.2, 0.25) is 0 Å². The van der Waals surface area contributed by atoms with Crippen molar-refractivity contribution in [3.05, 3.63) is 29.8 Å². The lowest BCUT2D eigenvalue weighted by Gasteiger charge is -2.08. The Balaban J connectivity index is 2.69. The number of ether oxygens (including phenoxy) is 1. The molecule has 1 aromatic carbocycles. The number of esters is 1. The fraction of sp³-hybridized carbons (Fsp3) is 0.417. The maximum atomic E-state index is 11.9. The number of hydrogen-bond acceptors (Lipinski definition) is 5. The van der Waals surface area contributed by atoms with Gasteiger partial charge in [-0.1, -0.05) is 12.1 Å². The van der Waals surface area contributed by atoms with E-state index in [2.05, 4.69) is 9.46 Å². The Bertz CT molecular complexity index is 522. The van der Waals surface area contributed by atoms with E-state index in [4.69, 9.17) is 0 Å². The molecule has 0 aliphatic rings. The first-order chi connectivity index (χ1) is 8.86. The quantitative estimate of drug-likeness (QED) is 0.747. The van der Waals surface area contributed by atoms with E-state index >= 15 is 0 Å². The highest BCUT2D eigenvalue weighted by Crippen LogP contribution is 2.15. The van der Waals surface area contributed by atoms with Gasteiger partial charge in [0.05, 0.1) is 24.5 Å². The third-order valence-corrected chi connectivity index (χ3v) is 4.00. The van der Waals surface area contributed by atoms with Gasteiger partial charge in [0.15, 0.2) is 0 Å². The number of rotatable bonds is 6. The van der Waals surface area contributed by atoms with Crippen LogP contribution < -0.4 is 4.72 Å². The molecule has 0 bridgehead atoms. The second kappa shape index (κ2) is 6.65. The molecule has 2 N–H and O–H groups in total. The second-order valence-corrected chi connectivity index (χ2v) is 5.74. The molecule has 0 amide bonds. The van der Waals surface area contributed by atoms with Crippen LogP contribution in [0.25, 0.3) is 0 Å². The molecule has 7 heteroatoms. The number of benzene rings is 1. The summed E-state index contributed by atoms with van der Waals surface area (Å²) in [5.41, 5.74) is 0.633. The van der Waals surface area contributed by atoms with Crippen molar-refractivity contribution in [2.45, 2.75) is 24.3 Å². The van der Waals surface area contributed by atoms with E-state index < -0.39 is 22.1 Å². The van der Waals surface area contributed by atoms with Gasteiger partial charge in [-0.25, -0.2) is 13.1 Å². The van der Waals surface area contributed by atoms with E-state index in [0.29, 0.717) is 5.56 Å². The van der Waals surface area contributed by atoms with Gasteiger partial charge in [-0.05, 0) is 24.6 Å². The number of carbonyl (C=O) groups excluding carboxylic acids is 1. The van der Waals surface area contributed by atoms with Gasteiger partial charge >= 0.3 is 5.97 Å². The third-order valence-electron chi connectivity index (χ3n) is 2.52. The van der Waals surface area contributed by atoms with Gasteiger partial charge in [-0.3, -0.25) is 4.79 Å². The molecule has 0 spiro atoms. The molecule has 0 saturated carbocycles. The Kier molecular flexibility index (Phi) is 5.46. The van der Waals surface area contributed by atoms with Gasteiger partial charge < -0.3 is 9.84 Å². The highest BCUT2D eigenvalue weighted by Gasteiger charge is 2.14. The normalized spacial score (nSPS) is 13.0. The predicted molar refractivity (Wildman–Crippen MR) is 68.9 cm³/mol. The fourth-order valence-electron chi connectivity index (χ4n) is 1.40. The molecule has 106 valence electrons. The van der Waals surface area contributed by atoms with Gasteiger partial charge in [0, 0.05) is 6.54 Å². The topological polar surface area (TPSA) is 92.7 Å². The SMILES string of the molecule is COC(=O)CCNS(=O)(=O)c1ccc(C(C)O)cc1. The highest BCUT2D eigenvalue weighted by molar-refractivity contribution is 7.89. The lowest BCUT2D eigenvalue weighted by atomic mass is 10.1. The number of carbonyl (C=O) groups is 1. The lowest BCUT2D eigenvalue weighted by Crippen LogP contribution is -2.26. The Labute approximate surface area is 112 Å². The van der Waals surface area contributed by atoms with Crippen LogP contribution in [-0.4, -0.2) is 33.1 Å². The molecule has 6 nitrogen and oxygen atoms in total. The molecule has 0 aromatic heterocycles. The Hall–Kier alpha value is -1.44. The number of aliphatic hydroxyl groups excluding tert-OH is 1. The molecule has 0 fully saturated rings.